The standard InChI is InChI=1S/C31H28BrN5O3S2/c1-2-14-37-28(24-16-20-15-21(32)12-13-23(20)40-24)35-36-31(37)41-18-26(38)34-30-27(22-10-6-7-11-25(22)42-30)29(39)33-17-19-8-4-3-5-9-19/h2-5,8-9,12-13,15-16H,1,6-7,10-11,14,17-18H2,(H,33,39)(H,34,38). The number of nitrogens with one attached hydrogen (secondary N) is 2. The Hall–Kier alpha value is -3.67. The summed E-state index contributed by atoms with van der Waals surface area (Å²) in [7, 11) is 0. The molecule has 1 aliphatic rings. The molecular formula is C31H28BrN5O3S2. The Morgan fingerprint density at radius 3 is 2.79 bits per heavy atom. The summed E-state index contributed by atoms with van der Waals surface area (Å²) < 4.78 is 8.87. The molecule has 0 aliphatic heterocycles. The maximum Gasteiger partial charge on any atom is 0.254 e. The second-order valence-electron chi connectivity index (χ2n) is 9.92. The minimum atomic E-state index is -0.209. The zero-order chi connectivity index (χ0) is 29.1. The molecule has 11 heteroatoms. The number of benzene rings is 2. The number of nitrogens with zero attached hydrogens (tertiary/aromatic N) is 3. The van der Waals surface area contributed by atoms with Crippen molar-refractivity contribution in [3.8, 4) is 11.6 Å². The number of anilines is 1. The Balaban J connectivity index is 1.18. The van der Waals surface area contributed by atoms with Crippen LogP contribution >= 0.6 is 39.0 Å². The molecular weight excluding hydrogens is 634 g/mol. The molecule has 0 unspecified atom stereocenters. The normalized spacial score (nSPS) is 12.7. The summed E-state index contributed by atoms with van der Waals surface area (Å²) in [5.74, 6) is 0.890. The lowest BCUT2D eigenvalue weighted by Gasteiger charge is -2.13. The maximum atomic E-state index is 13.4. The average molecular weight is 663 g/mol. The van der Waals surface area contributed by atoms with Gasteiger partial charge in [0.2, 0.25) is 11.7 Å². The topological polar surface area (TPSA) is 102 Å². The Bertz CT molecular complexity index is 1780. The molecule has 8 nitrogen and oxygen atoms in total. The molecule has 1 aliphatic carbocycles. The van der Waals surface area contributed by atoms with Gasteiger partial charge in [-0.25, -0.2) is 0 Å². The summed E-state index contributed by atoms with van der Waals surface area (Å²) in [6.07, 6.45) is 5.65. The molecule has 42 heavy (non-hydrogen) atoms. The van der Waals surface area contributed by atoms with Gasteiger partial charge in [-0.15, -0.1) is 28.1 Å². The van der Waals surface area contributed by atoms with Crippen molar-refractivity contribution < 1.29 is 14.0 Å². The number of hydrogen-bond acceptors (Lipinski definition) is 7. The highest BCUT2D eigenvalue weighted by Crippen LogP contribution is 2.38. The van der Waals surface area contributed by atoms with E-state index in [-0.39, 0.29) is 17.6 Å². The summed E-state index contributed by atoms with van der Waals surface area (Å²) in [6, 6.07) is 17.5. The van der Waals surface area contributed by atoms with Crippen LogP contribution in [0.15, 0.2) is 81.3 Å². The van der Waals surface area contributed by atoms with E-state index in [4.69, 9.17) is 4.42 Å². The summed E-state index contributed by atoms with van der Waals surface area (Å²) >= 11 is 6.29. The summed E-state index contributed by atoms with van der Waals surface area (Å²) in [4.78, 5) is 27.7. The lowest BCUT2D eigenvalue weighted by atomic mass is 9.95. The Kier molecular flexibility index (Phi) is 8.59. The molecule has 214 valence electrons. The van der Waals surface area contributed by atoms with Crippen LogP contribution in [-0.4, -0.2) is 32.3 Å². The molecule has 0 saturated carbocycles. The first-order valence-electron chi connectivity index (χ1n) is 13.6. The van der Waals surface area contributed by atoms with Gasteiger partial charge in [0.05, 0.1) is 11.3 Å². The van der Waals surface area contributed by atoms with Crippen LogP contribution in [0.1, 0.15) is 39.2 Å². The molecule has 0 fully saturated rings. The zero-order valence-electron chi connectivity index (χ0n) is 22.7. The van der Waals surface area contributed by atoms with E-state index in [1.165, 1.54) is 28.0 Å². The predicted octanol–water partition coefficient (Wildman–Crippen LogP) is 7.24. The third-order valence-electron chi connectivity index (χ3n) is 7.01. The number of carbonyl (C=O) groups excluding carboxylic acids is 2. The van der Waals surface area contributed by atoms with Gasteiger partial charge in [-0.2, -0.15) is 0 Å². The summed E-state index contributed by atoms with van der Waals surface area (Å²) in [5, 5.41) is 16.9. The molecule has 2 N–H and O–H groups in total. The van der Waals surface area contributed by atoms with Crippen LogP contribution in [0.5, 0.6) is 0 Å². The van der Waals surface area contributed by atoms with Crippen molar-refractivity contribution in [2.45, 2.75) is 43.9 Å². The van der Waals surface area contributed by atoms with Crippen molar-refractivity contribution in [1.82, 2.24) is 20.1 Å². The monoisotopic (exact) mass is 661 g/mol. The Morgan fingerprint density at radius 2 is 1.95 bits per heavy atom. The molecule has 3 heterocycles. The third kappa shape index (κ3) is 6.08. The molecule has 5 aromatic rings. The van der Waals surface area contributed by atoms with Crippen LogP contribution in [-0.2, 0) is 30.7 Å². The van der Waals surface area contributed by atoms with E-state index in [0.29, 0.717) is 40.4 Å². The fraction of sp³-hybridized carbons (Fsp3) is 0.226. The van der Waals surface area contributed by atoms with Crippen molar-refractivity contribution >= 4 is 66.8 Å². The van der Waals surface area contributed by atoms with Crippen LogP contribution in [0.3, 0.4) is 0 Å². The highest BCUT2D eigenvalue weighted by atomic mass is 79.9. The van der Waals surface area contributed by atoms with Crippen molar-refractivity contribution in [2.75, 3.05) is 11.1 Å². The molecule has 0 bridgehead atoms. The number of halogens is 1. The van der Waals surface area contributed by atoms with E-state index >= 15 is 0 Å². The Morgan fingerprint density at radius 1 is 1.12 bits per heavy atom. The van der Waals surface area contributed by atoms with E-state index in [1.54, 1.807) is 6.08 Å². The number of furan rings is 1. The van der Waals surface area contributed by atoms with Crippen molar-refractivity contribution in [3.05, 3.63) is 93.3 Å². The van der Waals surface area contributed by atoms with Gasteiger partial charge < -0.3 is 15.1 Å². The van der Waals surface area contributed by atoms with Gasteiger partial charge in [-0.05, 0) is 61.1 Å². The number of hydrogen-bond donors (Lipinski definition) is 2. The average Bonchev–Trinajstić information content (AvgIpc) is 3.70. The highest BCUT2D eigenvalue weighted by Gasteiger charge is 2.27. The summed E-state index contributed by atoms with van der Waals surface area (Å²) in [5.41, 5.74) is 3.43. The number of carbonyl (C=O) groups is 2. The smallest absolute Gasteiger partial charge is 0.254 e. The second kappa shape index (κ2) is 12.7. The first kappa shape index (κ1) is 28.4. The number of rotatable bonds is 10. The number of thiophene rings is 1. The molecule has 2 aromatic carbocycles. The molecule has 3 aromatic heterocycles. The highest BCUT2D eigenvalue weighted by molar-refractivity contribution is 9.10. The SMILES string of the molecule is C=CCn1c(SCC(=O)Nc2sc3c(c2C(=O)NCc2ccccc2)CCCC3)nnc1-c1cc2cc(Br)ccc2o1. The first-order chi connectivity index (χ1) is 20.5. The van der Waals surface area contributed by atoms with Crippen LogP contribution in [0.4, 0.5) is 5.00 Å². The number of amides is 2. The fourth-order valence-electron chi connectivity index (χ4n) is 5.05. The predicted molar refractivity (Wildman–Crippen MR) is 171 cm³/mol. The van der Waals surface area contributed by atoms with Crippen LogP contribution in [0.2, 0.25) is 0 Å². The third-order valence-corrected chi connectivity index (χ3v) is 9.67. The van der Waals surface area contributed by atoms with Crippen molar-refractivity contribution in [1.29, 1.82) is 0 Å². The van der Waals surface area contributed by atoms with Gasteiger partial charge in [0.15, 0.2) is 10.9 Å². The van der Waals surface area contributed by atoms with Gasteiger partial charge in [0.1, 0.15) is 10.6 Å². The van der Waals surface area contributed by atoms with Crippen molar-refractivity contribution in [3.63, 3.8) is 0 Å². The van der Waals surface area contributed by atoms with Crippen molar-refractivity contribution in [2.24, 2.45) is 0 Å². The van der Waals surface area contributed by atoms with Crippen LogP contribution in [0, 0.1) is 0 Å². The van der Waals surface area contributed by atoms with E-state index < -0.39 is 0 Å². The summed E-state index contributed by atoms with van der Waals surface area (Å²) in [6.45, 7) is 4.75. The van der Waals surface area contributed by atoms with Gasteiger partial charge in [0.25, 0.3) is 5.91 Å². The van der Waals surface area contributed by atoms with E-state index in [0.717, 1.165) is 52.3 Å². The van der Waals surface area contributed by atoms with Crippen LogP contribution in [0.25, 0.3) is 22.6 Å². The molecule has 0 radical (unpaired) electrons. The minimum absolute atomic E-state index is 0.107. The second-order valence-corrected chi connectivity index (χ2v) is 12.9. The van der Waals surface area contributed by atoms with E-state index in [9.17, 15) is 9.59 Å². The largest absolute Gasteiger partial charge is 0.453 e. The molecule has 2 amide bonds. The fourth-order valence-corrected chi connectivity index (χ4v) is 7.48. The number of thioether (sulfide) groups is 1. The van der Waals surface area contributed by atoms with E-state index in [2.05, 4.69) is 43.3 Å². The van der Waals surface area contributed by atoms with Gasteiger partial charge in [0, 0.05) is 27.8 Å². The first-order valence-corrected chi connectivity index (χ1v) is 16.2. The lowest BCUT2D eigenvalue weighted by Crippen LogP contribution is -2.25. The zero-order valence-corrected chi connectivity index (χ0v) is 25.9. The van der Waals surface area contributed by atoms with E-state index in [1.807, 2.05) is 59.2 Å². The Labute approximate surface area is 259 Å². The number of fused-ring (bicyclic) bond motifs is 2. The number of aryl methyl sites for hydroxylation is 1. The quantitative estimate of drug-likeness (QED) is 0.121. The number of aromatic nitrogens is 3. The molecule has 0 saturated heterocycles. The lowest BCUT2D eigenvalue weighted by molar-refractivity contribution is -0.113. The molecule has 0 atom stereocenters. The minimum Gasteiger partial charge on any atom is -0.453 e. The van der Waals surface area contributed by atoms with Crippen LogP contribution < -0.4 is 10.6 Å². The van der Waals surface area contributed by atoms with Gasteiger partial charge in [-0.3, -0.25) is 14.2 Å². The van der Waals surface area contributed by atoms with Gasteiger partial charge in [-0.1, -0.05) is 64.1 Å². The molecule has 0 spiro atoms. The molecule has 6 rings (SSSR count). The van der Waals surface area contributed by atoms with Gasteiger partial charge >= 0.3 is 0 Å². The maximum absolute atomic E-state index is 13.4. The number of allylic oxidation sites excluding steroid dienone is 1.